The number of fused-ring (bicyclic) bond motifs is 1. The number of pyridine rings is 1. The summed E-state index contributed by atoms with van der Waals surface area (Å²) in [6, 6.07) is 3.97. The first-order chi connectivity index (χ1) is 19.2. The molecule has 3 saturated heterocycles. The molecule has 40 heavy (non-hydrogen) atoms. The van der Waals surface area contributed by atoms with Crippen LogP contribution < -0.4 is 14.7 Å². The molecule has 0 bridgehead atoms. The van der Waals surface area contributed by atoms with Crippen LogP contribution in [-0.4, -0.2) is 110 Å². The van der Waals surface area contributed by atoms with E-state index < -0.39 is 17.6 Å². The predicted molar refractivity (Wildman–Crippen MR) is 155 cm³/mol. The van der Waals surface area contributed by atoms with E-state index in [1.165, 1.54) is 0 Å². The second kappa shape index (κ2) is 12.6. The Balaban J connectivity index is 1.36. The molecule has 11 heteroatoms. The number of aromatic nitrogens is 1. The monoisotopic (exact) mass is 558 g/mol. The van der Waals surface area contributed by atoms with Crippen LogP contribution in [0.5, 0.6) is 0 Å². The van der Waals surface area contributed by atoms with Gasteiger partial charge < -0.3 is 34.0 Å². The van der Waals surface area contributed by atoms with Gasteiger partial charge in [-0.2, -0.15) is 0 Å². The van der Waals surface area contributed by atoms with E-state index in [4.69, 9.17) is 14.5 Å². The van der Waals surface area contributed by atoms with Crippen molar-refractivity contribution in [3.05, 3.63) is 12.1 Å². The molecule has 0 radical (unpaired) electrons. The van der Waals surface area contributed by atoms with E-state index in [9.17, 15) is 14.4 Å². The summed E-state index contributed by atoms with van der Waals surface area (Å²) in [6.07, 6.45) is 0.317. The van der Waals surface area contributed by atoms with E-state index in [1.54, 1.807) is 23.6 Å². The number of carbonyl (C=O) groups is 3. The number of ketones is 1. The van der Waals surface area contributed by atoms with Gasteiger partial charge in [0.2, 0.25) is 5.91 Å². The predicted octanol–water partition coefficient (Wildman–Crippen LogP) is 2.98. The molecule has 4 rings (SSSR count). The number of piperidine rings is 1. The Morgan fingerprint density at radius 2 is 1.62 bits per heavy atom. The van der Waals surface area contributed by atoms with Gasteiger partial charge in [-0.1, -0.05) is 0 Å². The second-order valence-corrected chi connectivity index (χ2v) is 11.1. The number of hydrogen-bond acceptors (Lipinski definition) is 9. The molecule has 3 aliphatic rings. The number of ether oxygens (including phenoxy) is 2. The standard InChI is InChI=1S/C29H46N6O5/c1-7-31(8-2)22-13-14-23(32(9-3)10-4)30-26(22)33-16-18-34(19-17-33)28(38)40-20-39-24-21-12-11-15-35(21)27(37)29(5,6)25(24)36/h13-14,21,24H,7-12,15-20H2,1-6H3. The zero-order valence-electron chi connectivity index (χ0n) is 25.0. The highest BCUT2D eigenvalue weighted by Gasteiger charge is 2.54. The molecule has 0 aliphatic carbocycles. The molecule has 2 atom stereocenters. The van der Waals surface area contributed by atoms with Crippen molar-refractivity contribution in [3.63, 3.8) is 0 Å². The molecule has 3 aliphatic heterocycles. The summed E-state index contributed by atoms with van der Waals surface area (Å²) >= 11 is 0. The zero-order valence-corrected chi connectivity index (χ0v) is 25.0. The molecule has 2 amide bonds. The van der Waals surface area contributed by atoms with Crippen LogP contribution in [0.4, 0.5) is 22.1 Å². The van der Waals surface area contributed by atoms with Gasteiger partial charge in [0.1, 0.15) is 17.3 Å². The molecule has 11 nitrogen and oxygen atoms in total. The molecule has 3 fully saturated rings. The van der Waals surface area contributed by atoms with Crippen LogP contribution in [0.25, 0.3) is 0 Å². The van der Waals surface area contributed by atoms with E-state index in [0.29, 0.717) is 39.1 Å². The lowest BCUT2D eigenvalue weighted by atomic mass is 9.77. The van der Waals surface area contributed by atoms with Gasteiger partial charge in [0, 0.05) is 58.9 Å². The minimum absolute atomic E-state index is 0.143. The van der Waals surface area contributed by atoms with Crippen molar-refractivity contribution in [3.8, 4) is 0 Å². The number of amides is 2. The lowest BCUT2D eigenvalue weighted by Gasteiger charge is -2.42. The normalized spacial score (nSPS) is 22.4. The van der Waals surface area contributed by atoms with Crippen molar-refractivity contribution in [2.24, 2.45) is 5.41 Å². The van der Waals surface area contributed by atoms with Gasteiger partial charge in [-0.05, 0) is 66.5 Å². The van der Waals surface area contributed by atoms with E-state index in [2.05, 4.69) is 54.5 Å². The Morgan fingerprint density at radius 1 is 0.975 bits per heavy atom. The largest absolute Gasteiger partial charge is 0.422 e. The Bertz CT molecular complexity index is 1060. The number of piperazine rings is 1. The van der Waals surface area contributed by atoms with E-state index >= 15 is 0 Å². The number of carbonyl (C=O) groups excluding carboxylic acids is 3. The first-order valence-corrected chi connectivity index (χ1v) is 14.8. The van der Waals surface area contributed by atoms with Crippen molar-refractivity contribution in [2.45, 2.75) is 66.5 Å². The third-order valence-corrected chi connectivity index (χ3v) is 8.62. The average Bonchev–Trinajstić information content (AvgIpc) is 3.45. The van der Waals surface area contributed by atoms with Crippen LogP contribution >= 0.6 is 0 Å². The summed E-state index contributed by atoms with van der Waals surface area (Å²) in [6.45, 7) is 17.9. The summed E-state index contributed by atoms with van der Waals surface area (Å²) < 4.78 is 11.3. The Morgan fingerprint density at radius 3 is 2.25 bits per heavy atom. The Labute approximate surface area is 238 Å². The molecular weight excluding hydrogens is 512 g/mol. The molecular formula is C29H46N6O5. The Kier molecular flexibility index (Phi) is 9.43. The highest BCUT2D eigenvalue weighted by molar-refractivity contribution is 6.10. The molecule has 1 aromatic heterocycles. The van der Waals surface area contributed by atoms with Crippen molar-refractivity contribution in [1.29, 1.82) is 0 Å². The first kappa shape index (κ1) is 29.9. The van der Waals surface area contributed by atoms with Crippen LogP contribution in [0.3, 0.4) is 0 Å². The second-order valence-electron chi connectivity index (χ2n) is 11.1. The number of rotatable bonds is 10. The number of nitrogens with zero attached hydrogens (tertiary/aromatic N) is 6. The lowest BCUT2D eigenvalue weighted by Crippen LogP contribution is -2.62. The summed E-state index contributed by atoms with van der Waals surface area (Å²) in [5, 5.41) is 0. The number of anilines is 3. The molecule has 1 aromatic rings. The number of hydrogen-bond donors (Lipinski definition) is 0. The van der Waals surface area contributed by atoms with Gasteiger partial charge in [-0.15, -0.1) is 0 Å². The van der Waals surface area contributed by atoms with Crippen LogP contribution in [0.1, 0.15) is 54.4 Å². The molecule has 0 N–H and O–H groups in total. The molecule has 0 aromatic carbocycles. The van der Waals surface area contributed by atoms with Crippen molar-refractivity contribution >= 4 is 35.1 Å². The first-order valence-electron chi connectivity index (χ1n) is 14.8. The zero-order chi connectivity index (χ0) is 29.0. The summed E-state index contributed by atoms with van der Waals surface area (Å²) in [5.41, 5.74) is -0.0308. The van der Waals surface area contributed by atoms with Crippen LogP contribution in [-0.2, 0) is 19.1 Å². The smallest absolute Gasteiger partial charge is 0.412 e. The average molecular weight is 559 g/mol. The summed E-state index contributed by atoms with van der Waals surface area (Å²) in [4.78, 5) is 53.9. The quantitative estimate of drug-likeness (QED) is 0.317. The third-order valence-electron chi connectivity index (χ3n) is 8.62. The maximum atomic E-state index is 13.0. The van der Waals surface area contributed by atoms with Crippen molar-refractivity contribution in [1.82, 2.24) is 14.8 Å². The van der Waals surface area contributed by atoms with Gasteiger partial charge in [-0.3, -0.25) is 9.59 Å². The molecule has 0 spiro atoms. The number of Topliss-reactive ketones (excluding diaryl/α,β-unsaturated/α-hetero) is 1. The van der Waals surface area contributed by atoms with E-state index in [-0.39, 0.29) is 24.5 Å². The highest BCUT2D eigenvalue weighted by atomic mass is 16.7. The lowest BCUT2D eigenvalue weighted by molar-refractivity contribution is -0.173. The minimum Gasteiger partial charge on any atom is -0.422 e. The van der Waals surface area contributed by atoms with E-state index in [1.807, 2.05) is 0 Å². The summed E-state index contributed by atoms with van der Waals surface area (Å²) in [7, 11) is 0. The SMILES string of the molecule is CCN(CC)c1ccc(N(CC)CC)c(N2CCN(C(=O)OCOC3C(=O)C(C)(C)C(=O)N4CCCC34)CC2)n1. The van der Waals surface area contributed by atoms with Gasteiger partial charge >= 0.3 is 6.09 Å². The van der Waals surface area contributed by atoms with Gasteiger partial charge in [0.05, 0.1) is 11.7 Å². The van der Waals surface area contributed by atoms with Crippen molar-refractivity contribution < 1.29 is 23.9 Å². The minimum atomic E-state index is -1.13. The maximum absolute atomic E-state index is 13.0. The highest BCUT2D eigenvalue weighted by Crippen LogP contribution is 2.37. The summed E-state index contributed by atoms with van der Waals surface area (Å²) in [5.74, 6) is 1.51. The third kappa shape index (κ3) is 5.70. The topological polar surface area (TPSA) is 98.8 Å². The molecule has 0 saturated carbocycles. The van der Waals surface area contributed by atoms with Gasteiger partial charge in [0.15, 0.2) is 18.4 Å². The maximum Gasteiger partial charge on any atom is 0.412 e. The molecule has 2 unspecified atom stereocenters. The van der Waals surface area contributed by atoms with Crippen LogP contribution in [0.2, 0.25) is 0 Å². The van der Waals surface area contributed by atoms with Gasteiger partial charge in [-0.25, -0.2) is 9.78 Å². The van der Waals surface area contributed by atoms with E-state index in [0.717, 1.165) is 49.9 Å². The van der Waals surface area contributed by atoms with Crippen LogP contribution in [0, 0.1) is 5.41 Å². The molecule has 222 valence electrons. The van der Waals surface area contributed by atoms with Crippen LogP contribution in [0.15, 0.2) is 12.1 Å². The fourth-order valence-electron chi connectivity index (χ4n) is 6.09. The van der Waals surface area contributed by atoms with Gasteiger partial charge in [0.25, 0.3) is 0 Å². The fourth-order valence-corrected chi connectivity index (χ4v) is 6.09. The fraction of sp³-hybridized carbons (Fsp3) is 0.724. The van der Waals surface area contributed by atoms with Crippen molar-refractivity contribution in [2.75, 3.05) is 80.4 Å². The molecule has 4 heterocycles. The Hall–Kier alpha value is -3.08.